The maximum Gasteiger partial charge on any atom is 0.408 e. The van der Waals surface area contributed by atoms with Gasteiger partial charge in [0.15, 0.2) is 5.78 Å². The normalized spacial score (nSPS) is 14.8. The summed E-state index contributed by atoms with van der Waals surface area (Å²) in [6.45, 7) is 13.0. The molecule has 4 aromatic carbocycles. The number of amides is 2. The van der Waals surface area contributed by atoms with Crippen LogP contribution < -0.4 is 10.6 Å². The Morgan fingerprint density at radius 3 is 1.29 bits per heavy atom. The van der Waals surface area contributed by atoms with Crippen LogP contribution in [-0.2, 0) is 51.0 Å². The van der Waals surface area contributed by atoms with Gasteiger partial charge >= 0.3 is 30.1 Å². The standard InChI is InChI=1S/C26H29NO7.C20H23NO4/c1-25(2,3)34-24(31)27-19(21(28)20-22(29)32-26(4,5)33-23(20)30)15-16-11-13-18(14-12-16)17-9-7-6-8-10-17;1-20(2,3)25-19(24)21-17(18(22)23)13-14-9-11-16(12-10-14)15-7-5-4-6-8-15/h6-14,19-20H,15H2,1-5H3,(H,27,31);4-12,17H,13H2,1-3H3,(H,21,24)(H,22,23)/t19-;17-/m11/s1. The van der Waals surface area contributed by atoms with Gasteiger partial charge in [-0.15, -0.1) is 0 Å². The Bertz CT molecular complexity index is 2070. The van der Waals surface area contributed by atoms with E-state index in [0.29, 0.717) is 5.56 Å². The number of ketones is 1. The number of ether oxygens (including phenoxy) is 4. The van der Waals surface area contributed by atoms with E-state index in [1.54, 1.807) is 41.5 Å². The number of carboxylic acid groups (broad SMARTS) is 1. The molecule has 0 bridgehead atoms. The van der Waals surface area contributed by atoms with Crippen LogP contribution in [0.25, 0.3) is 22.3 Å². The number of aliphatic carboxylic acids is 1. The molecule has 0 aliphatic carbocycles. The second-order valence-electron chi connectivity index (χ2n) is 16.3. The molecule has 2 amide bonds. The van der Waals surface area contributed by atoms with E-state index in [1.807, 2.05) is 109 Å². The first-order chi connectivity index (χ1) is 27.6. The average molecular weight is 809 g/mol. The Morgan fingerprint density at radius 1 is 0.593 bits per heavy atom. The summed E-state index contributed by atoms with van der Waals surface area (Å²) in [5.41, 5.74) is 4.21. The van der Waals surface area contributed by atoms with Crippen molar-refractivity contribution in [3.8, 4) is 22.3 Å². The summed E-state index contributed by atoms with van der Waals surface area (Å²) in [6, 6.07) is 32.5. The summed E-state index contributed by atoms with van der Waals surface area (Å²) >= 11 is 0. The lowest BCUT2D eigenvalue weighted by Crippen LogP contribution is -2.55. The van der Waals surface area contributed by atoms with Gasteiger partial charge in [0.1, 0.15) is 17.2 Å². The lowest BCUT2D eigenvalue weighted by Gasteiger charge is -2.33. The molecule has 0 spiro atoms. The number of esters is 2. The predicted molar refractivity (Wildman–Crippen MR) is 220 cm³/mol. The average Bonchev–Trinajstić information content (AvgIpc) is 3.13. The predicted octanol–water partition coefficient (Wildman–Crippen LogP) is 7.68. The van der Waals surface area contributed by atoms with Crippen LogP contribution in [0, 0.1) is 5.92 Å². The number of benzene rings is 4. The monoisotopic (exact) mass is 808 g/mol. The van der Waals surface area contributed by atoms with Gasteiger partial charge in [0, 0.05) is 20.3 Å². The highest BCUT2D eigenvalue weighted by Crippen LogP contribution is 2.26. The van der Waals surface area contributed by atoms with Gasteiger partial charge in [-0.1, -0.05) is 109 Å². The Balaban J connectivity index is 0.000000273. The topological polar surface area (TPSA) is 184 Å². The lowest BCUT2D eigenvalue weighted by molar-refractivity contribution is -0.238. The molecule has 1 fully saturated rings. The molecule has 59 heavy (non-hydrogen) atoms. The number of carboxylic acids is 1. The van der Waals surface area contributed by atoms with E-state index in [9.17, 15) is 33.9 Å². The number of nitrogens with one attached hydrogen (secondary N) is 2. The van der Waals surface area contributed by atoms with Gasteiger partial charge in [0.25, 0.3) is 5.79 Å². The molecule has 1 saturated heterocycles. The number of hydrogen-bond donors (Lipinski definition) is 3. The molecule has 13 nitrogen and oxygen atoms in total. The Hall–Kier alpha value is -6.50. The van der Waals surface area contributed by atoms with Crippen molar-refractivity contribution in [3.63, 3.8) is 0 Å². The van der Waals surface area contributed by atoms with Crippen molar-refractivity contribution < 1.29 is 52.8 Å². The number of hydrogen-bond acceptors (Lipinski definition) is 10. The molecule has 0 unspecified atom stereocenters. The fourth-order valence-corrected chi connectivity index (χ4v) is 5.87. The van der Waals surface area contributed by atoms with Gasteiger partial charge in [0.05, 0.1) is 6.04 Å². The maximum absolute atomic E-state index is 13.3. The molecule has 1 aliphatic heterocycles. The molecule has 3 N–H and O–H groups in total. The third kappa shape index (κ3) is 14.4. The number of cyclic esters (lactones) is 2. The summed E-state index contributed by atoms with van der Waals surface area (Å²) < 4.78 is 20.6. The molecular weight excluding hydrogens is 757 g/mol. The van der Waals surface area contributed by atoms with Crippen LogP contribution in [0.4, 0.5) is 9.59 Å². The number of carbonyl (C=O) groups is 6. The molecule has 1 heterocycles. The highest BCUT2D eigenvalue weighted by atomic mass is 16.7. The molecule has 312 valence electrons. The molecule has 13 heteroatoms. The van der Waals surface area contributed by atoms with E-state index >= 15 is 0 Å². The van der Waals surface area contributed by atoms with Crippen LogP contribution in [0.2, 0.25) is 0 Å². The quantitative estimate of drug-likeness (QED) is 0.0767. The fraction of sp³-hybridized carbons (Fsp3) is 0.348. The maximum atomic E-state index is 13.3. The lowest BCUT2D eigenvalue weighted by atomic mass is 9.92. The zero-order valence-electron chi connectivity index (χ0n) is 34.6. The third-order valence-corrected chi connectivity index (χ3v) is 8.47. The smallest absolute Gasteiger partial charge is 0.408 e. The Morgan fingerprint density at radius 2 is 0.932 bits per heavy atom. The zero-order valence-corrected chi connectivity index (χ0v) is 34.6. The van der Waals surface area contributed by atoms with Crippen molar-refractivity contribution in [1.29, 1.82) is 0 Å². The van der Waals surface area contributed by atoms with E-state index in [-0.39, 0.29) is 12.8 Å². The van der Waals surface area contributed by atoms with Gasteiger partial charge in [-0.05, 0) is 81.3 Å². The van der Waals surface area contributed by atoms with Crippen molar-refractivity contribution >= 4 is 35.9 Å². The Kier molecular flexibility index (Phi) is 14.8. The van der Waals surface area contributed by atoms with Crippen molar-refractivity contribution in [1.82, 2.24) is 10.6 Å². The van der Waals surface area contributed by atoms with Crippen LogP contribution in [-0.4, -0.2) is 70.1 Å². The van der Waals surface area contributed by atoms with Gasteiger partial charge in [-0.25, -0.2) is 14.4 Å². The van der Waals surface area contributed by atoms with Crippen LogP contribution in [0.1, 0.15) is 66.5 Å². The first kappa shape index (κ1) is 45.2. The van der Waals surface area contributed by atoms with E-state index in [2.05, 4.69) is 10.6 Å². The summed E-state index contributed by atoms with van der Waals surface area (Å²) in [5, 5.41) is 14.3. The van der Waals surface area contributed by atoms with Crippen molar-refractivity contribution in [3.05, 3.63) is 120 Å². The van der Waals surface area contributed by atoms with E-state index in [0.717, 1.165) is 27.8 Å². The molecule has 0 aromatic heterocycles. The van der Waals surface area contributed by atoms with E-state index < -0.39 is 70.9 Å². The first-order valence-corrected chi connectivity index (χ1v) is 19.1. The minimum atomic E-state index is -1.79. The third-order valence-electron chi connectivity index (χ3n) is 8.47. The second kappa shape index (κ2) is 19.3. The van der Waals surface area contributed by atoms with Crippen LogP contribution >= 0.6 is 0 Å². The molecule has 2 atom stereocenters. The Labute approximate surface area is 344 Å². The minimum absolute atomic E-state index is 0.0353. The van der Waals surface area contributed by atoms with Crippen molar-refractivity contribution in [2.75, 3.05) is 0 Å². The molecule has 0 radical (unpaired) electrons. The molecular formula is C46H52N2O11. The molecule has 5 rings (SSSR count). The number of carbonyl (C=O) groups excluding carboxylic acids is 5. The van der Waals surface area contributed by atoms with Gasteiger partial charge in [0.2, 0.25) is 5.92 Å². The fourth-order valence-electron chi connectivity index (χ4n) is 5.87. The number of rotatable bonds is 11. The summed E-state index contributed by atoms with van der Waals surface area (Å²) in [6.07, 6.45) is -1.36. The van der Waals surface area contributed by atoms with Crippen LogP contribution in [0.3, 0.4) is 0 Å². The summed E-state index contributed by atoms with van der Waals surface area (Å²) in [5.74, 6) is -7.21. The largest absolute Gasteiger partial charge is 0.480 e. The highest BCUT2D eigenvalue weighted by molar-refractivity contribution is 6.17. The van der Waals surface area contributed by atoms with Crippen LogP contribution in [0.15, 0.2) is 109 Å². The highest BCUT2D eigenvalue weighted by Gasteiger charge is 2.49. The molecule has 0 saturated carbocycles. The summed E-state index contributed by atoms with van der Waals surface area (Å²) in [7, 11) is 0. The van der Waals surface area contributed by atoms with Crippen LogP contribution in [0.5, 0.6) is 0 Å². The first-order valence-electron chi connectivity index (χ1n) is 19.1. The summed E-state index contributed by atoms with van der Waals surface area (Å²) in [4.78, 5) is 73.8. The van der Waals surface area contributed by atoms with E-state index in [4.69, 9.17) is 18.9 Å². The van der Waals surface area contributed by atoms with Gasteiger partial charge in [-0.3, -0.25) is 14.4 Å². The molecule has 1 aliphatic rings. The van der Waals surface area contributed by atoms with E-state index in [1.165, 1.54) is 13.8 Å². The second-order valence-corrected chi connectivity index (χ2v) is 16.3. The van der Waals surface area contributed by atoms with Crippen molar-refractivity contribution in [2.24, 2.45) is 5.92 Å². The SMILES string of the molecule is CC(C)(C)OC(=O)N[C@H](Cc1ccc(-c2ccccc2)cc1)C(=O)C1C(=O)OC(C)(C)OC1=O.CC(C)(C)OC(=O)N[C@H](Cc1ccc(-c2ccccc2)cc1)C(=O)O. The number of alkyl carbamates (subject to hydrolysis) is 2. The number of Topliss-reactive ketones (excluding diaryl/α,β-unsaturated/α-hetero) is 1. The zero-order chi connectivity index (χ0) is 43.5. The van der Waals surface area contributed by atoms with Gasteiger partial charge < -0.3 is 34.7 Å². The minimum Gasteiger partial charge on any atom is -0.480 e. The van der Waals surface area contributed by atoms with Gasteiger partial charge in [-0.2, -0.15) is 0 Å². The van der Waals surface area contributed by atoms with Crippen molar-refractivity contribution in [2.45, 2.75) is 97.3 Å². The molecule has 4 aromatic rings.